The number of benzene rings is 2. The van der Waals surface area contributed by atoms with Crippen LogP contribution in [0.5, 0.6) is 0 Å². The lowest BCUT2D eigenvalue weighted by atomic mass is 9.76. The summed E-state index contributed by atoms with van der Waals surface area (Å²) in [6, 6.07) is 16.5. The normalized spacial score (nSPS) is 21.8. The van der Waals surface area contributed by atoms with Gasteiger partial charge < -0.3 is 5.32 Å². The monoisotopic (exact) mass is 331 g/mol. The Kier molecular flexibility index (Phi) is 3.54. The van der Waals surface area contributed by atoms with Crippen LogP contribution in [0.1, 0.15) is 35.1 Å². The topological polar surface area (TPSA) is 73.2 Å². The summed E-state index contributed by atoms with van der Waals surface area (Å²) in [5.41, 5.74) is 2.37. The predicted octanol–water partition coefficient (Wildman–Crippen LogP) is 2.84. The fourth-order valence-electron chi connectivity index (χ4n) is 3.88. The van der Waals surface area contributed by atoms with Crippen LogP contribution in [0.15, 0.2) is 48.5 Å². The molecule has 1 aliphatic carbocycles. The average Bonchev–Trinajstić information content (AvgIpc) is 2.87. The molecular formula is C20H17N3O2. The lowest BCUT2D eigenvalue weighted by molar-refractivity contribution is -0.132. The zero-order valence-electron chi connectivity index (χ0n) is 13.7. The van der Waals surface area contributed by atoms with Gasteiger partial charge in [-0.1, -0.05) is 36.4 Å². The van der Waals surface area contributed by atoms with Crippen molar-refractivity contribution in [2.75, 3.05) is 0 Å². The third-order valence-corrected chi connectivity index (χ3v) is 5.05. The van der Waals surface area contributed by atoms with Crippen LogP contribution in [0.4, 0.5) is 4.79 Å². The van der Waals surface area contributed by atoms with E-state index >= 15 is 0 Å². The van der Waals surface area contributed by atoms with Crippen LogP contribution in [0.3, 0.4) is 0 Å². The van der Waals surface area contributed by atoms with Crippen LogP contribution in [-0.2, 0) is 23.3 Å². The molecule has 1 aliphatic heterocycles. The molecular weight excluding hydrogens is 314 g/mol. The van der Waals surface area contributed by atoms with E-state index in [9.17, 15) is 9.59 Å². The van der Waals surface area contributed by atoms with Crippen LogP contribution >= 0.6 is 0 Å². The lowest BCUT2D eigenvalue weighted by Crippen LogP contribution is -2.46. The summed E-state index contributed by atoms with van der Waals surface area (Å²) in [7, 11) is 0. The number of nitriles is 1. The zero-order valence-corrected chi connectivity index (χ0v) is 13.7. The quantitative estimate of drug-likeness (QED) is 0.860. The first kappa shape index (κ1) is 15.4. The summed E-state index contributed by atoms with van der Waals surface area (Å²) in [5, 5.41) is 12.0. The van der Waals surface area contributed by atoms with E-state index < -0.39 is 5.54 Å². The number of fused-ring (bicyclic) bond motifs is 2. The minimum absolute atomic E-state index is 0.171. The van der Waals surface area contributed by atoms with Crippen molar-refractivity contribution in [1.82, 2.24) is 10.2 Å². The maximum absolute atomic E-state index is 13.2. The molecule has 25 heavy (non-hydrogen) atoms. The van der Waals surface area contributed by atoms with E-state index in [4.69, 9.17) is 5.26 Å². The number of urea groups is 1. The fourth-order valence-corrected chi connectivity index (χ4v) is 3.88. The highest BCUT2D eigenvalue weighted by molar-refractivity contribution is 6.07. The van der Waals surface area contributed by atoms with Crippen molar-refractivity contribution >= 4 is 11.9 Å². The second kappa shape index (κ2) is 5.75. The van der Waals surface area contributed by atoms with E-state index in [1.165, 1.54) is 4.90 Å². The number of carbonyl (C=O) groups is 2. The highest BCUT2D eigenvalue weighted by Gasteiger charge is 2.53. The smallest absolute Gasteiger partial charge is 0.319 e. The summed E-state index contributed by atoms with van der Waals surface area (Å²) < 4.78 is 0. The molecule has 5 nitrogen and oxygen atoms in total. The Bertz CT molecular complexity index is 915. The Morgan fingerprint density at radius 2 is 2.00 bits per heavy atom. The molecule has 2 aliphatic rings. The Morgan fingerprint density at radius 1 is 1.16 bits per heavy atom. The molecule has 3 amide bonds. The highest BCUT2D eigenvalue weighted by Crippen LogP contribution is 2.40. The van der Waals surface area contributed by atoms with Crippen LogP contribution in [0.25, 0.3) is 0 Å². The van der Waals surface area contributed by atoms with Crippen molar-refractivity contribution < 1.29 is 9.59 Å². The van der Waals surface area contributed by atoms with Gasteiger partial charge in [-0.2, -0.15) is 5.26 Å². The Balaban J connectivity index is 1.69. The van der Waals surface area contributed by atoms with E-state index in [1.807, 2.05) is 30.3 Å². The molecule has 1 N–H and O–H groups in total. The molecule has 0 saturated carbocycles. The average molecular weight is 331 g/mol. The summed E-state index contributed by atoms with van der Waals surface area (Å²) in [5.74, 6) is -0.202. The van der Waals surface area contributed by atoms with Gasteiger partial charge in [0.25, 0.3) is 5.91 Å². The number of aryl methyl sites for hydroxylation is 1. The summed E-state index contributed by atoms with van der Waals surface area (Å²) in [4.78, 5) is 27.0. The van der Waals surface area contributed by atoms with Crippen molar-refractivity contribution in [3.8, 4) is 6.07 Å². The van der Waals surface area contributed by atoms with Gasteiger partial charge in [0.1, 0.15) is 5.54 Å². The Labute approximate surface area is 145 Å². The first-order valence-electron chi connectivity index (χ1n) is 8.35. The molecule has 1 unspecified atom stereocenters. The molecule has 5 heteroatoms. The molecule has 0 radical (unpaired) electrons. The molecule has 4 rings (SSSR count). The van der Waals surface area contributed by atoms with Crippen molar-refractivity contribution in [1.29, 1.82) is 5.26 Å². The third kappa shape index (κ3) is 2.38. The number of amides is 3. The maximum Gasteiger partial charge on any atom is 0.325 e. The standard InChI is InChI=1S/C20H17N3O2/c21-12-14-5-3-6-15(11-14)13-23-18(24)20(22-19(23)25)10-4-8-16-7-1-2-9-17(16)20/h1-3,5-7,9,11H,4,8,10,13H2,(H,22,25). The number of nitrogens with one attached hydrogen (secondary N) is 1. The van der Waals surface area contributed by atoms with Crippen LogP contribution in [-0.4, -0.2) is 16.8 Å². The molecule has 1 fully saturated rings. The van der Waals surface area contributed by atoms with Gasteiger partial charge >= 0.3 is 6.03 Å². The maximum atomic E-state index is 13.2. The molecule has 2 aromatic carbocycles. The number of carbonyl (C=O) groups excluding carboxylic acids is 2. The Morgan fingerprint density at radius 3 is 2.84 bits per heavy atom. The van der Waals surface area contributed by atoms with Gasteiger partial charge in [0, 0.05) is 0 Å². The van der Waals surface area contributed by atoms with Crippen molar-refractivity contribution in [3.05, 3.63) is 70.8 Å². The first-order valence-corrected chi connectivity index (χ1v) is 8.35. The second-order valence-corrected chi connectivity index (χ2v) is 6.55. The Hall–Kier alpha value is -3.13. The molecule has 2 aromatic rings. The second-order valence-electron chi connectivity index (χ2n) is 6.55. The van der Waals surface area contributed by atoms with Gasteiger partial charge in [-0.25, -0.2) is 4.79 Å². The summed E-state index contributed by atoms with van der Waals surface area (Å²) >= 11 is 0. The minimum atomic E-state index is -0.946. The molecule has 0 aromatic heterocycles. The van der Waals surface area contributed by atoms with Gasteiger partial charge in [0.15, 0.2) is 0 Å². The SMILES string of the molecule is N#Cc1cccc(CN2C(=O)NC3(CCCc4ccccc43)C2=O)c1. The van der Waals surface area contributed by atoms with Gasteiger partial charge in [0.2, 0.25) is 0 Å². The number of rotatable bonds is 2. The van der Waals surface area contributed by atoms with Crippen molar-refractivity contribution in [2.45, 2.75) is 31.3 Å². The van der Waals surface area contributed by atoms with E-state index in [0.717, 1.165) is 29.5 Å². The molecule has 1 atom stereocenters. The molecule has 124 valence electrons. The highest BCUT2D eigenvalue weighted by atomic mass is 16.2. The van der Waals surface area contributed by atoms with Gasteiger partial charge in [0.05, 0.1) is 18.2 Å². The van der Waals surface area contributed by atoms with Crippen LogP contribution in [0.2, 0.25) is 0 Å². The zero-order chi connectivity index (χ0) is 17.4. The first-order chi connectivity index (χ1) is 12.1. The van der Waals surface area contributed by atoms with Gasteiger partial charge in [-0.3, -0.25) is 9.69 Å². The molecule has 1 heterocycles. The van der Waals surface area contributed by atoms with E-state index in [1.54, 1.807) is 18.2 Å². The minimum Gasteiger partial charge on any atom is -0.319 e. The van der Waals surface area contributed by atoms with E-state index in [-0.39, 0.29) is 18.5 Å². The third-order valence-electron chi connectivity index (χ3n) is 5.05. The molecule has 1 spiro atoms. The lowest BCUT2D eigenvalue weighted by Gasteiger charge is -2.33. The van der Waals surface area contributed by atoms with E-state index in [2.05, 4.69) is 11.4 Å². The number of nitrogens with zero attached hydrogens (tertiary/aromatic N) is 2. The number of imide groups is 1. The van der Waals surface area contributed by atoms with Crippen molar-refractivity contribution in [3.63, 3.8) is 0 Å². The molecule has 1 saturated heterocycles. The van der Waals surface area contributed by atoms with Crippen molar-refractivity contribution in [2.24, 2.45) is 0 Å². The number of hydrogen-bond donors (Lipinski definition) is 1. The van der Waals surface area contributed by atoms with E-state index in [0.29, 0.717) is 12.0 Å². The summed E-state index contributed by atoms with van der Waals surface area (Å²) in [6.07, 6.45) is 2.40. The number of hydrogen-bond acceptors (Lipinski definition) is 3. The van der Waals surface area contributed by atoms with Crippen LogP contribution in [0, 0.1) is 11.3 Å². The van der Waals surface area contributed by atoms with Gasteiger partial charge in [-0.05, 0) is 48.1 Å². The largest absolute Gasteiger partial charge is 0.325 e. The van der Waals surface area contributed by atoms with Gasteiger partial charge in [-0.15, -0.1) is 0 Å². The van der Waals surface area contributed by atoms with Crippen LogP contribution < -0.4 is 5.32 Å². The molecule has 0 bridgehead atoms. The fraction of sp³-hybridized carbons (Fsp3) is 0.250. The predicted molar refractivity (Wildman–Crippen MR) is 91.3 cm³/mol. The summed E-state index contributed by atoms with van der Waals surface area (Å²) in [6.45, 7) is 0.171.